The average Bonchev–Trinajstić information content (AvgIpc) is 3.16. The van der Waals surface area contributed by atoms with Gasteiger partial charge in [-0.2, -0.15) is 9.94 Å². The second-order valence-electron chi connectivity index (χ2n) is 5.55. The Kier molecular flexibility index (Phi) is 6.29. The first-order chi connectivity index (χ1) is 13.6. The molecule has 1 amide bonds. The molecule has 2 aromatic carbocycles. The van der Waals surface area contributed by atoms with Crippen LogP contribution < -0.4 is 4.90 Å². The van der Waals surface area contributed by atoms with Crippen LogP contribution in [0.15, 0.2) is 53.7 Å². The van der Waals surface area contributed by atoms with Gasteiger partial charge in [0.15, 0.2) is 0 Å². The van der Waals surface area contributed by atoms with E-state index in [1.54, 1.807) is 12.1 Å². The number of amides is 1. The predicted octanol–water partition coefficient (Wildman–Crippen LogP) is 2.98. The molecule has 0 fully saturated rings. The standard InChI is InChI=1S/C18H14F2N6OS/c19-13-5-3-6-14(11-13)26-18(22-23-24-26)28-12-17(27)25(10-4-9-21)16-8-2-1-7-15(16)20/h1-3,5-8,11H,4,10,12H2. The number of carbonyl (C=O) groups excluding carboxylic acids is 1. The molecule has 0 radical (unpaired) electrons. The van der Waals surface area contributed by atoms with Crippen molar-refractivity contribution in [3.8, 4) is 11.8 Å². The molecule has 0 aliphatic heterocycles. The Bertz CT molecular complexity index is 1020. The topological polar surface area (TPSA) is 87.7 Å². The van der Waals surface area contributed by atoms with E-state index in [1.807, 2.05) is 6.07 Å². The third kappa shape index (κ3) is 4.50. The zero-order valence-corrected chi connectivity index (χ0v) is 15.3. The number of aromatic nitrogens is 4. The number of anilines is 1. The summed E-state index contributed by atoms with van der Waals surface area (Å²) < 4.78 is 28.9. The van der Waals surface area contributed by atoms with Crippen molar-refractivity contribution in [2.24, 2.45) is 0 Å². The first kappa shape index (κ1) is 19.4. The van der Waals surface area contributed by atoms with Gasteiger partial charge in [-0.3, -0.25) is 4.79 Å². The Morgan fingerprint density at radius 1 is 1.21 bits per heavy atom. The zero-order valence-electron chi connectivity index (χ0n) is 14.5. The molecule has 1 heterocycles. The molecule has 3 aromatic rings. The van der Waals surface area contributed by atoms with E-state index in [1.165, 1.54) is 46.0 Å². The highest BCUT2D eigenvalue weighted by Crippen LogP contribution is 2.23. The van der Waals surface area contributed by atoms with E-state index in [0.717, 1.165) is 11.8 Å². The Morgan fingerprint density at radius 3 is 2.79 bits per heavy atom. The lowest BCUT2D eigenvalue weighted by molar-refractivity contribution is -0.116. The van der Waals surface area contributed by atoms with E-state index < -0.39 is 17.5 Å². The highest BCUT2D eigenvalue weighted by atomic mass is 32.2. The number of hydrogen-bond donors (Lipinski definition) is 0. The second-order valence-corrected chi connectivity index (χ2v) is 6.49. The van der Waals surface area contributed by atoms with Gasteiger partial charge in [-0.25, -0.2) is 8.78 Å². The number of benzene rings is 2. The smallest absolute Gasteiger partial charge is 0.237 e. The van der Waals surface area contributed by atoms with E-state index in [2.05, 4.69) is 15.5 Å². The molecule has 7 nitrogen and oxygen atoms in total. The summed E-state index contributed by atoms with van der Waals surface area (Å²) in [5.74, 6) is -1.49. The molecular weight excluding hydrogens is 386 g/mol. The summed E-state index contributed by atoms with van der Waals surface area (Å²) in [5, 5.41) is 20.3. The van der Waals surface area contributed by atoms with Gasteiger partial charge in [-0.15, -0.1) is 5.10 Å². The van der Waals surface area contributed by atoms with Crippen molar-refractivity contribution in [2.45, 2.75) is 11.6 Å². The minimum Gasteiger partial charge on any atom is -0.308 e. The number of nitriles is 1. The van der Waals surface area contributed by atoms with Gasteiger partial charge in [0.25, 0.3) is 0 Å². The van der Waals surface area contributed by atoms with Crippen LogP contribution in [-0.4, -0.2) is 38.4 Å². The molecule has 0 N–H and O–H groups in total. The summed E-state index contributed by atoms with van der Waals surface area (Å²) in [5.41, 5.74) is 0.517. The average molecular weight is 400 g/mol. The molecule has 0 saturated carbocycles. The molecule has 0 bridgehead atoms. The molecule has 0 atom stereocenters. The molecule has 0 unspecified atom stereocenters. The first-order valence-corrected chi connectivity index (χ1v) is 9.17. The van der Waals surface area contributed by atoms with Gasteiger partial charge < -0.3 is 4.90 Å². The second kappa shape index (κ2) is 9.05. The van der Waals surface area contributed by atoms with Crippen molar-refractivity contribution >= 4 is 23.4 Å². The van der Waals surface area contributed by atoms with Crippen LogP contribution in [0.25, 0.3) is 5.69 Å². The van der Waals surface area contributed by atoms with Gasteiger partial charge in [0.05, 0.1) is 29.6 Å². The Morgan fingerprint density at radius 2 is 2.04 bits per heavy atom. The molecule has 0 aliphatic carbocycles. The maximum Gasteiger partial charge on any atom is 0.237 e. The number of carbonyl (C=O) groups is 1. The summed E-state index contributed by atoms with van der Waals surface area (Å²) in [6, 6.07) is 13.5. The fraction of sp³-hybridized carbons (Fsp3) is 0.167. The normalized spacial score (nSPS) is 10.5. The van der Waals surface area contributed by atoms with Crippen LogP contribution in [0.4, 0.5) is 14.5 Å². The van der Waals surface area contributed by atoms with Crippen molar-refractivity contribution in [1.82, 2.24) is 20.2 Å². The van der Waals surface area contributed by atoms with Crippen LogP contribution in [-0.2, 0) is 4.79 Å². The summed E-state index contributed by atoms with van der Waals surface area (Å²) in [7, 11) is 0. The van der Waals surface area contributed by atoms with Crippen LogP contribution >= 0.6 is 11.8 Å². The van der Waals surface area contributed by atoms with Crippen molar-refractivity contribution in [1.29, 1.82) is 5.26 Å². The lowest BCUT2D eigenvalue weighted by Gasteiger charge is -2.22. The van der Waals surface area contributed by atoms with E-state index in [9.17, 15) is 13.6 Å². The van der Waals surface area contributed by atoms with Gasteiger partial charge in [0.2, 0.25) is 11.1 Å². The largest absolute Gasteiger partial charge is 0.308 e. The third-order valence-electron chi connectivity index (χ3n) is 3.71. The van der Waals surface area contributed by atoms with E-state index >= 15 is 0 Å². The molecule has 1 aromatic heterocycles. The molecule has 0 spiro atoms. The number of hydrogen-bond acceptors (Lipinski definition) is 6. The summed E-state index contributed by atoms with van der Waals surface area (Å²) in [6.45, 7) is 0.0612. The molecular formula is C18H14F2N6OS. The van der Waals surface area contributed by atoms with Gasteiger partial charge in [0.1, 0.15) is 11.6 Å². The van der Waals surface area contributed by atoms with Crippen molar-refractivity contribution in [3.63, 3.8) is 0 Å². The molecule has 3 rings (SSSR count). The van der Waals surface area contributed by atoms with Gasteiger partial charge in [-0.05, 0) is 40.8 Å². The quantitative estimate of drug-likeness (QED) is 0.567. The Hall–Kier alpha value is -3.32. The minimum atomic E-state index is -0.552. The molecule has 0 aliphatic rings. The van der Waals surface area contributed by atoms with Crippen molar-refractivity contribution in [2.75, 3.05) is 17.2 Å². The van der Waals surface area contributed by atoms with Crippen LogP contribution in [0.5, 0.6) is 0 Å². The van der Waals surface area contributed by atoms with E-state index in [-0.39, 0.29) is 29.6 Å². The van der Waals surface area contributed by atoms with Gasteiger partial charge >= 0.3 is 0 Å². The summed E-state index contributed by atoms with van der Waals surface area (Å²) in [4.78, 5) is 13.9. The van der Waals surface area contributed by atoms with Gasteiger partial charge in [-0.1, -0.05) is 30.0 Å². The fourth-order valence-corrected chi connectivity index (χ4v) is 3.22. The Labute approximate surface area is 163 Å². The maximum atomic E-state index is 14.1. The predicted molar refractivity (Wildman–Crippen MR) is 98.8 cm³/mol. The molecule has 10 heteroatoms. The monoisotopic (exact) mass is 400 g/mol. The third-order valence-corrected chi connectivity index (χ3v) is 4.61. The summed E-state index contributed by atoms with van der Waals surface area (Å²) in [6.07, 6.45) is 0.0613. The fourth-order valence-electron chi connectivity index (χ4n) is 2.45. The first-order valence-electron chi connectivity index (χ1n) is 8.19. The van der Waals surface area contributed by atoms with E-state index in [0.29, 0.717) is 5.69 Å². The lowest BCUT2D eigenvalue weighted by Crippen LogP contribution is -2.34. The van der Waals surface area contributed by atoms with Crippen molar-refractivity contribution in [3.05, 3.63) is 60.2 Å². The number of tetrazole rings is 1. The lowest BCUT2D eigenvalue weighted by atomic mass is 10.2. The van der Waals surface area contributed by atoms with Crippen LogP contribution in [0.1, 0.15) is 6.42 Å². The zero-order chi connectivity index (χ0) is 19.9. The van der Waals surface area contributed by atoms with Gasteiger partial charge in [0, 0.05) is 6.54 Å². The van der Waals surface area contributed by atoms with E-state index in [4.69, 9.17) is 5.26 Å². The summed E-state index contributed by atoms with van der Waals surface area (Å²) >= 11 is 1.03. The number of thioether (sulfide) groups is 1. The maximum absolute atomic E-state index is 14.1. The Balaban J connectivity index is 1.76. The van der Waals surface area contributed by atoms with Crippen LogP contribution in [0.2, 0.25) is 0 Å². The molecule has 0 saturated heterocycles. The number of rotatable bonds is 7. The van der Waals surface area contributed by atoms with Crippen LogP contribution in [0, 0.1) is 23.0 Å². The highest BCUT2D eigenvalue weighted by molar-refractivity contribution is 7.99. The number of nitrogens with zero attached hydrogens (tertiary/aromatic N) is 6. The SMILES string of the molecule is N#CCCN(C(=O)CSc1nnnn1-c1cccc(F)c1)c1ccccc1F. The molecule has 28 heavy (non-hydrogen) atoms. The van der Waals surface area contributed by atoms with Crippen LogP contribution in [0.3, 0.4) is 0 Å². The number of halogens is 2. The molecule has 142 valence electrons. The minimum absolute atomic E-state index is 0.0612. The van der Waals surface area contributed by atoms with Crippen molar-refractivity contribution < 1.29 is 13.6 Å². The number of para-hydroxylation sites is 1. The highest BCUT2D eigenvalue weighted by Gasteiger charge is 2.20.